The highest BCUT2D eigenvalue weighted by atomic mass is 32.1. The van der Waals surface area contributed by atoms with Crippen molar-refractivity contribution >= 4 is 23.0 Å². The Bertz CT molecular complexity index is 511. The van der Waals surface area contributed by atoms with Crippen molar-refractivity contribution in [2.45, 2.75) is 6.54 Å². The average molecular weight is 276 g/mol. The molecule has 19 heavy (non-hydrogen) atoms. The van der Waals surface area contributed by atoms with Crippen molar-refractivity contribution in [1.29, 1.82) is 0 Å². The fourth-order valence-corrected chi connectivity index (χ4v) is 2.64. The van der Waals surface area contributed by atoms with E-state index < -0.39 is 0 Å². The Morgan fingerprint density at radius 3 is 3.00 bits per heavy atom. The molecule has 6 heteroatoms. The third-order valence-electron chi connectivity index (χ3n) is 3.01. The second-order valence-corrected chi connectivity index (χ2v) is 5.33. The summed E-state index contributed by atoms with van der Waals surface area (Å²) in [5.74, 6) is 1.83. The number of hydrogen-bond donors (Lipinski definition) is 1. The van der Waals surface area contributed by atoms with Crippen LogP contribution in [0.2, 0.25) is 0 Å². The molecular formula is C13H16N4OS. The number of thiophene rings is 1. The maximum Gasteiger partial charge on any atom is 0.134 e. The van der Waals surface area contributed by atoms with Crippen LogP contribution in [0, 0.1) is 0 Å². The molecule has 0 aliphatic carbocycles. The van der Waals surface area contributed by atoms with Gasteiger partial charge in [0.2, 0.25) is 0 Å². The summed E-state index contributed by atoms with van der Waals surface area (Å²) in [6.07, 6.45) is 1.61. The van der Waals surface area contributed by atoms with E-state index >= 15 is 0 Å². The summed E-state index contributed by atoms with van der Waals surface area (Å²) in [7, 11) is 0. The zero-order chi connectivity index (χ0) is 12.9. The van der Waals surface area contributed by atoms with E-state index in [2.05, 4.69) is 37.7 Å². The molecule has 0 saturated carbocycles. The smallest absolute Gasteiger partial charge is 0.134 e. The normalized spacial score (nSPS) is 15.5. The van der Waals surface area contributed by atoms with Crippen LogP contribution in [0.25, 0.3) is 0 Å². The van der Waals surface area contributed by atoms with Crippen LogP contribution in [0.1, 0.15) is 4.88 Å². The first kappa shape index (κ1) is 12.4. The number of hydrogen-bond acceptors (Lipinski definition) is 6. The maximum absolute atomic E-state index is 5.35. The van der Waals surface area contributed by atoms with Crippen LogP contribution in [0.5, 0.6) is 0 Å². The molecule has 0 amide bonds. The number of morpholine rings is 1. The Hall–Kier alpha value is -1.66. The number of ether oxygens (including phenoxy) is 1. The van der Waals surface area contributed by atoms with Crippen LogP contribution < -0.4 is 10.2 Å². The van der Waals surface area contributed by atoms with Crippen LogP contribution in [0.3, 0.4) is 0 Å². The van der Waals surface area contributed by atoms with Gasteiger partial charge in [-0.25, -0.2) is 9.97 Å². The van der Waals surface area contributed by atoms with E-state index in [1.807, 2.05) is 6.07 Å². The van der Waals surface area contributed by atoms with Gasteiger partial charge in [-0.3, -0.25) is 0 Å². The molecule has 1 N–H and O–H groups in total. The Labute approximate surface area is 116 Å². The molecule has 2 aromatic rings. The molecule has 0 unspecified atom stereocenters. The summed E-state index contributed by atoms with van der Waals surface area (Å²) in [6.45, 7) is 4.11. The second-order valence-electron chi connectivity index (χ2n) is 4.29. The van der Waals surface area contributed by atoms with Crippen molar-refractivity contribution in [3.05, 3.63) is 34.8 Å². The maximum atomic E-state index is 5.35. The Balaban J connectivity index is 1.65. The minimum Gasteiger partial charge on any atom is -0.378 e. The molecule has 3 rings (SSSR count). The predicted molar refractivity (Wildman–Crippen MR) is 76.7 cm³/mol. The third-order valence-corrected chi connectivity index (χ3v) is 3.89. The minimum absolute atomic E-state index is 0.766. The third kappa shape index (κ3) is 3.21. The zero-order valence-corrected chi connectivity index (χ0v) is 11.4. The van der Waals surface area contributed by atoms with Crippen LogP contribution in [0.4, 0.5) is 11.6 Å². The van der Waals surface area contributed by atoms with Crippen molar-refractivity contribution in [2.24, 2.45) is 0 Å². The summed E-state index contributed by atoms with van der Waals surface area (Å²) in [4.78, 5) is 12.1. The number of nitrogens with one attached hydrogen (secondary N) is 1. The number of nitrogens with zero attached hydrogens (tertiary/aromatic N) is 3. The van der Waals surface area contributed by atoms with E-state index in [1.54, 1.807) is 17.7 Å². The molecule has 0 bridgehead atoms. The van der Waals surface area contributed by atoms with Crippen LogP contribution in [-0.2, 0) is 11.3 Å². The number of aromatic nitrogens is 2. The van der Waals surface area contributed by atoms with Gasteiger partial charge in [0.1, 0.15) is 18.0 Å². The molecular weight excluding hydrogens is 260 g/mol. The average Bonchev–Trinajstić information content (AvgIpc) is 3.00. The van der Waals surface area contributed by atoms with Gasteiger partial charge in [-0.2, -0.15) is 0 Å². The standard InChI is InChI=1S/C13H16N4OS/c1-2-11(19-7-1)9-14-12-8-13(16-10-15-12)17-3-5-18-6-4-17/h1-2,7-8,10H,3-6,9H2,(H,14,15,16). The largest absolute Gasteiger partial charge is 0.378 e. The first-order valence-corrected chi connectivity index (χ1v) is 7.21. The van der Waals surface area contributed by atoms with Gasteiger partial charge in [-0.1, -0.05) is 6.07 Å². The fraction of sp³-hybridized carbons (Fsp3) is 0.385. The second kappa shape index (κ2) is 5.99. The minimum atomic E-state index is 0.766. The quantitative estimate of drug-likeness (QED) is 0.925. The summed E-state index contributed by atoms with van der Waals surface area (Å²) >= 11 is 1.74. The van der Waals surface area contributed by atoms with E-state index in [-0.39, 0.29) is 0 Å². The van der Waals surface area contributed by atoms with Gasteiger partial charge in [0.05, 0.1) is 19.8 Å². The predicted octanol–water partition coefficient (Wildman–Crippen LogP) is 1.99. The van der Waals surface area contributed by atoms with E-state index in [9.17, 15) is 0 Å². The van der Waals surface area contributed by atoms with Crippen molar-refractivity contribution in [3.63, 3.8) is 0 Å². The van der Waals surface area contributed by atoms with E-state index in [1.165, 1.54) is 4.88 Å². The molecule has 0 spiro atoms. The molecule has 0 aromatic carbocycles. The highest BCUT2D eigenvalue weighted by molar-refractivity contribution is 7.09. The van der Waals surface area contributed by atoms with Crippen LogP contribution in [0.15, 0.2) is 29.9 Å². The molecule has 0 atom stereocenters. The molecule has 100 valence electrons. The highest BCUT2D eigenvalue weighted by Gasteiger charge is 2.12. The summed E-state index contributed by atoms with van der Waals surface area (Å²) in [5.41, 5.74) is 0. The van der Waals surface area contributed by atoms with E-state index in [0.29, 0.717) is 0 Å². The molecule has 3 heterocycles. The molecule has 0 radical (unpaired) electrons. The van der Waals surface area contributed by atoms with Gasteiger partial charge in [-0.15, -0.1) is 11.3 Å². The molecule has 2 aromatic heterocycles. The SMILES string of the molecule is c1csc(CNc2cc(N3CCOCC3)ncn2)c1. The first-order valence-electron chi connectivity index (χ1n) is 6.33. The topological polar surface area (TPSA) is 50.3 Å². The lowest BCUT2D eigenvalue weighted by Gasteiger charge is -2.27. The molecule has 1 fully saturated rings. The summed E-state index contributed by atoms with van der Waals surface area (Å²) < 4.78 is 5.35. The molecule has 1 saturated heterocycles. The lowest BCUT2D eigenvalue weighted by Crippen LogP contribution is -2.36. The molecule has 5 nitrogen and oxygen atoms in total. The Morgan fingerprint density at radius 2 is 2.21 bits per heavy atom. The van der Waals surface area contributed by atoms with Crippen molar-refractivity contribution in [3.8, 4) is 0 Å². The number of anilines is 2. The lowest BCUT2D eigenvalue weighted by molar-refractivity contribution is 0.122. The van der Waals surface area contributed by atoms with Crippen LogP contribution in [-0.4, -0.2) is 36.3 Å². The van der Waals surface area contributed by atoms with E-state index in [4.69, 9.17) is 4.74 Å². The zero-order valence-electron chi connectivity index (χ0n) is 10.6. The first-order chi connectivity index (χ1) is 9.42. The fourth-order valence-electron chi connectivity index (χ4n) is 2.00. The molecule has 1 aliphatic heterocycles. The monoisotopic (exact) mass is 276 g/mol. The van der Waals surface area contributed by atoms with Gasteiger partial charge in [0.25, 0.3) is 0 Å². The van der Waals surface area contributed by atoms with Gasteiger partial charge in [-0.05, 0) is 11.4 Å². The Morgan fingerprint density at radius 1 is 1.32 bits per heavy atom. The van der Waals surface area contributed by atoms with Gasteiger partial charge >= 0.3 is 0 Å². The highest BCUT2D eigenvalue weighted by Crippen LogP contribution is 2.17. The summed E-state index contributed by atoms with van der Waals surface area (Å²) in [5, 5.41) is 5.41. The van der Waals surface area contributed by atoms with Crippen molar-refractivity contribution in [1.82, 2.24) is 9.97 Å². The van der Waals surface area contributed by atoms with Crippen molar-refractivity contribution in [2.75, 3.05) is 36.5 Å². The van der Waals surface area contributed by atoms with Gasteiger partial charge in [0, 0.05) is 24.0 Å². The number of rotatable bonds is 4. The van der Waals surface area contributed by atoms with Crippen LogP contribution >= 0.6 is 11.3 Å². The van der Waals surface area contributed by atoms with Crippen molar-refractivity contribution < 1.29 is 4.74 Å². The summed E-state index contributed by atoms with van der Waals surface area (Å²) in [6, 6.07) is 6.17. The Kier molecular flexibility index (Phi) is 3.90. The van der Waals surface area contributed by atoms with E-state index in [0.717, 1.165) is 44.5 Å². The van der Waals surface area contributed by atoms with Gasteiger partial charge < -0.3 is 15.0 Å². The molecule has 1 aliphatic rings. The lowest BCUT2D eigenvalue weighted by atomic mass is 10.4. The van der Waals surface area contributed by atoms with Gasteiger partial charge in [0.15, 0.2) is 0 Å².